The summed E-state index contributed by atoms with van der Waals surface area (Å²) in [5, 5.41) is 8.37. The molecule has 104 valence electrons. The summed E-state index contributed by atoms with van der Waals surface area (Å²) in [6, 6.07) is 2.66. The predicted octanol–water partition coefficient (Wildman–Crippen LogP) is 1.89. The molecule has 0 unspecified atom stereocenters. The molecule has 0 bridgehead atoms. The third-order valence-electron chi connectivity index (χ3n) is 1.90. The van der Waals surface area contributed by atoms with Crippen LogP contribution in [-0.2, 0) is 14.8 Å². The molecule has 19 heavy (non-hydrogen) atoms. The SMILES string of the molecule is O=C(O)/C=C/c1cc(NS(=O)(=O)C(F)F)ccc1F. The van der Waals surface area contributed by atoms with Gasteiger partial charge >= 0.3 is 11.7 Å². The third kappa shape index (κ3) is 4.28. The Bertz CT molecular complexity index is 613. The third-order valence-corrected chi connectivity index (χ3v) is 2.89. The van der Waals surface area contributed by atoms with Crippen LogP contribution in [0, 0.1) is 5.82 Å². The van der Waals surface area contributed by atoms with Crippen molar-refractivity contribution in [3.8, 4) is 0 Å². The molecule has 1 aromatic rings. The molecule has 0 atom stereocenters. The number of hydrogen-bond acceptors (Lipinski definition) is 3. The number of carbonyl (C=O) groups is 1. The molecule has 5 nitrogen and oxygen atoms in total. The highest BCUT2D eigenvalue weighted by Crippen LogP contribution is 2.19. The molecule has 9 heteroatoms. The fourth-order valence-electron chi connectivity index (χ4n) is 1.10. The second-order valence-electron chi connectivity index (χ2n) is 3.32. The Balaban J connectivity index is 3.07. The Labute approximate surface area is 106 Å². The first-order valence-corrected chi connectivity index (χ1v) is 6.27. The van der Waals surface area contributed by atoms with Crippen LogP contribution in [0.5, 0.6) is 0 Å². The molecule has 0 aliphatic rings. The van der Waals surface area contributed by atoms with Gasteiger partial charge in [0, 0.05) is 17.3 Å². The van der Waals surface area contributed by atoms with Crippen molar-refractivity contribution in [1.82, 2.24) is 0 Å². The summed E-state index contributed by atoms with van der Waals surface area (Å²) < 4.78 is 60.8. The number of aliphatic carboxylic acids is 1. The normalized spacial score (nSPS) is 12.0. The standard InChI is InChI=1S/C10H8F3NO4S/c11-8-3-2-7(14-19(17,18)10(12)13)5-6(8)1-4-9(15)16/h1-5,10,14H,(H,15,16)/b4-1+. The fraction of sp³-hybridized carbons (Fsp3) is 0.100. The van der Waals surface area contributed by atoms with E-state index in [4.69, 9.17) is 5.11 Å². The lowest BCUT2D eigenvalue weighted by atomic mass is 10.2. The molecule has 0 amide bonds. The van der Waals surface area contributed by atoms with Crippen molar-refractivity contribution in [2.24, 2.45) is 0 Å². The van der Waals surface area contributed by atoms with Crippen LogP contribution in [0.1, 0.15) is 5.56 Å². The minimum atomic E-state index is -4.86. The number of nitrogens with one attached hydrogen (secondary N) is 1. The van der Waals surface area contributed by atoms with Gasteiger partial charge in [0.2, 0.25) is 0 Å². The second kappa shape index (κ2) is 5.74. The van der Waals surface area contributed by atoms with Crippen molar-refractivity contribution < 1.29 is 31.5 Å². The van der Waals surface area contributed by atoms with Gasteiger partial charge in [0.1, 0.15) is 5.82 Å². The zero-order valence-corrected chi connectivity index (χ0v) is 9.99. The Kier molecular flexibility index (Phi) is 4.54. The van der Waals surface area contributed by atoms with E-state index < -0.39 is 27.6 Å². The molecule has 1 aromatic carbocycles. The summed E-state index contributed by atoms with van der Waals surface area (Å²) in [6.45, 7) is 0. The van der Waals surface area contributed by atoms with Gasteiger partial charge in [0.25, 0.3) is 10.0 Å². The number of anilines is 1. The topological polar surface area (TPSA) is 83.5 Å². The molecule has 0 aliphatic heterocycles. The first-order chi connectivity index (χ1) is 8.72. The highest BCUT2D eigenvalue weighted by atomic mass is 32.2. The van der Waals surface area contributed by atoms with Crippen LogP contribution >= 0.6 is 0 Å². The van der Waals surface area contributed by atoms with Gasteiger partial charge in [-0.25, -0.2) is 17.6 Å². The van der Waals surface area contributed by atoms with Crippen LogP contribution in [0.15, 0.2) is 24.3 Å². The number of hydrogen-bond donors (Lipinski definition) is 2. The van der Waals surface area contributed by atoms with E-state index in [0.717, 1.165) is 24.3 Å². The lowest BCUT2D eigenvalue weighted by Crippen LogP contribution is -2.20. The molecule has 1 rings (SSSR count). The van der Waals surface area contributed by atoms with E-state index in [2.05, 4.69) is 0 Å². The molecule has 2 N–H and O–H groups in total. The van der Waals surface area contributed by atoms with E-state index in [-0.39, 0.29) is 11.3 Å². The maximum atomic E-state index is 13.2. The van der Waals surface area contributed by atoms with Crippen molar-refractivity contribution in [3.05, 3.63) is 35.7 Å². The van der Waals surface area contributed by atoms with E-state index in [1.165, 1.54) is 0 Å². The van der Waals surface area contributed by atoms with E-state index in [0.29, 0.717) is 6.08 Å². The molecule has 0 heterocycles. The van der Waals surface area contributed by atoms with Crippen LogP contribution in [0.2, 0.25) is 0 Å². The number of halogens is 3. The average Bonchev–Trinajstić information content (AvgIpc) is 2.29. The van der Waals surface area contributed by atoms with Crippen molar-refractivity contribution in [2.45, 2.75) is 5.76 Å². The summed E-state index contributed by atoms with van der Waals surface area (Å²) in [5.74, 6) is -5.79. The first-order valence-electron chi connectivity index (χ1n) is 4.73. The monoisotopic (exact) mass is 295 g/mol. The summed E-state index contributed by atoms with van der Waals surface area (Å²) >= 11 is 0. The van der Waals surface area contributed by atoms with Gasteiger partial charge < -0.3 is 5.11 Å². The number of rotatable bonds is 5. The molecule has 0 spiro atoms. The van der Waals surface area contributed by atoms with Crippen LogP contribution in [0.3, 0.4) is 0 Å². The molecule has 0 aliphatic carbocycles. The number of sulfonamides is 1. The molecular formula is C10H8F3NO4S. The van der Waals surface area contributed by atoms with Crippen molar-refractivity contribution in [2.75, 3.05) is 4.72 Å². The minimum Gasteiger partial charge on any atom is -0.478 e. The fourth-order valence-corrected chi connectivity index (χ4v) is 1.65. The highest BCUT2D eigenvalue weighted by molar-refractivity contribution is 7.93. The van der Waals surface area contributed by atoms with Gasteiger partial charge in [0.15, 0.2) is 0 Å². The molecule has 0 saturated heterocycles. The highest BCUT2D eigenvalue weighted by Gasteiger charge is 2.23. The van der Waals surface area contributed by atoms with Crippen LogP contribution in [-0.4, -0.2) is 25.3 Å². The van der Waals surface area contributed by atoms with Gasteiger partial charge in [-0.2, -0.15) is 8.78 Å². The first kappa shape index (κ1) is 15.0. The van der Waals surface area contributed by atoms with E-state index in [9.17, 15) is 26.4 Å². The quantitative estimate of drug-likeness (QED) is 0.812. The maximum absolute atomic E-state index is 13.2. The van der Waals surface area contributed by atoms with Gasteiger partial charge in [-0.3, -0.25) is 4.72 Å². The summed E-state index contributed by atoms with van der Waals surface area (Å²) in [4.78, 5) is 10.3. The molecular weight excluding hydrogens is 287 g/mol. The van der Waals surface area contributed by atoms with Gasteiger partial charge in [-0.15, -0.1) is 0 Å². The summed E-state index contributed by atoms with van der Waals surface area (Å²) in [7, 11) is -4.86. The van der Waals surface area contributed by atoms with Crippen LogP contribution in [0.4, 0.5) is 18.9 Å². The smallest absolute Gasteiger partial charge is 0.355 e. The lowest BCUT2D eigenvalue weighted by Gasteiger charge is -2.07. The molecule has 0 radical (unpaired) electrons. The van der Waals surface area contributed by atoms with Crippen LogP contribution < -0.4 is 4.72 Å². The Hall–Kier alpha value is -2.03. The Morgan fingerprint density at radius 1 is 1.37 bits per heavy atom. The van der Waals surface area contributed by atoms with Gasteiger partial charge in [-0.1, -0.05) is 0 Å². The lowest BCUT2D eigenvalue weighted by molar-refractivity contribution is -0.131. The molecule has 0 aromatic heterocycles. The average molecular weight is 295 g/mol. The van der Waals surface area contributed by atoms with E-state index >= 15 is 0 Å². The van der Waals surface area contributed by atoms with E-state index in [1.807, 2.05) is 0 Å². The largest absolute Gasteiger partial charge is 0.478 e. The number of benzene rings is 1. The van der Waals surface area contributed by atoms with E-state index in [1.54, 1.807) is 4.72 Å². The molecule has 0 fully saturated rings. The number of carboxylic acids is 1. The summed E-state index contributed by atoms with van der Waals surface area (Å²) in [6.07, 6.45) is 1.50. The summed E-state index contributed by atoms with van der Waals surface area (Å²) in [5.41, 5.74) is -0.552. The Morgan fingerprint density at radius 3 is 2.53 bits per heavy atom. The zero-order chi connectivity index (χ0) is 14.6. The molecule has 0 saturated carbocycles. The van der Waals surface area contributed by atoms with Gasteiger partial charge in [-0.05, 0) is 24.3 Å². The predicted molar refractivity (Wildman–Crippen MR) is 61.6 cm³/mol. The zero-order valence-electron chi connectivity index (χ0n) is 9.18. The van der Waals surface area contributed by atoms with Crippen LogP contribution in [0.25, 0.3) is 6.08 Å². The van der Waals surface area contributed by atoms with Gasteiger partial charge in [0.05, 0.1) is 0 Å². The Morgan fingerprint density at radius 2 is 2.00 bits per heavy atom. The van der Waals surface area contributed by atoms with Crippen molar-refractivity contribution in [3.63, 3.8) is 0 Å². The van der Waals surface area contributed by atoms with Crippen molar-refractivity contribution in [1.29, 1.82) is 0 Å². The number of carboxylic acid groups (broad SMARTS) is 1. The maximum Gasteiger partial charge on any atom is 0.355 e. The minimum absolute atomic E-state index is 0.253. The number of alkyl halides is 2. The second-order valence-corrected chi connectivity index (χ2v) is 4.97. The van der Waals surface area contributed by atoms with Crippen molar-refractivity contribution >= 4 is 27.8 Å².